The van der Waals surface area contributed by atoms with E-state index in [1.54, 1.807) is 0 Å². The summed E-state index contributed by atoms with van der Waals surface area (Å²) in [5.74, 6) is 1.58. The van der Waals surface area contributed by atoms with Gasteiger partial charge in [0.25, 0.3) is 0 Å². The third-order valence-corrected chi connectivity index (χ3v) is 3.07. The summed E-state index contributed by atoms with van der Waals surface area (Å²) in [7, 11) is 0. The Morgan fingerprint density at radius 3 is 2.71 bits per heavy atom. The molecule has 2 rings (SSSR count). The van der Waals surface area contributed by atoms with Crippen LogP contribution in [0.5, 0.6) is 11.5 Å². The van der Waals surface area contributed by atoms with E-state index in [1.807, 2.05) is 38.3 Å². The van der Waals surface area contributed by atoms with Crippen molar-refractivity contribution >= 4 is 6.21 Å². The van der Waals surface area contributed by atoms with Crippen molar-refractivity contribution in [1.82, 2.24) is 0 Å². The lowest BCUT2D eigenvalue weighted by molar-refractivity contribution is -0.139. The van der Waals surface area contributed by atoms with Crippen molar-refractivity contribution in [3.63, 3.8) is 0 Å². The van der Waals surface area contributed by atoms with Gasteiger partial charge in [-0.25, -0.2) is 0 Å². The van der Waals surface area contributed by atoms with E-state index < -0.39 is 0 Å². The van der Waals surface area contributed by atoms with Crippen LogP contribution in [0.2, 0.25) is 0 Å². The van der Waals surface area contributed by atoms with Gasteiger partial charge in [-0.2, -0.15) is 0 Å². The summed E-state index contributed by atoms with van der Waals surface area (Å²) in [6.45, 7) is 6.35. The van der Waals surface area contributed by atoms with Gasteiger partial charge < -0.3 is 18.9 Å². The Hall–Kier alpha value is -1.59. The van der Waals surface area contributed by atoms with Crippen LogP contribution in [0.3, 0.4) is 0 Å². The van der Waals surface area contributed by atoms with Crippen LogP contribution in [-0.2, 0) is 9.47 Å². The molecule has 5 nitrogen and oxygen atoms in total. The standard InChI is InChI=1S/C16H23NO4/c1-3-18-16(19-4-2)6-5-9-17-11-13-7-8-14-15(10-13)21-12-20-14/h7-8,10-11,16H,3-6,9,12H2,1-2H3. The Kier molecular flexibility index (Phi) is 6.50. The molecule has 0 unspecified atom stereocenters. The summed E-state index contributed by atoms with van der Waals surface area (Å²) in [6, 6.07) is 5.82. The van der Waals surface area contributed by atoms with Gasteiger partial charge in [-0.1, -0.05) is 0 Å². The van der Waals surface area contributed by atoms with Crippen molar-refractivity contribution in [1.29, 1.82) is 0 Å². The lowest BCUT2D eigenvalue weighted by atomic mass is 10.2. The van der Waals surface area contributed by atoms with E-state index >= 15 is 0 Å². The van der Waals surface area contributed by atoms with Crippen molar-refractivity contribution in [2.24, 2.45) is 4.99 Å². The minimum absolute atomic E-state index is 0.110. The number of rotatable bonds is 9. The van der Waals surface area contributed by atoms with Gasteiger partial charge in [-0.15, -0.1) is 0 Å². The van der Waals surface area contributed by atoms with Crippen LogP contribution in [0.1, 0.15) is 32.3 Å². The van der Waals surface area contributed by atoms with Crippen molar-refractivity contribution in [3.05, 3.63) is 23.8 Å². The molecule has 1 aromatic rings. The van der Waals surface area contributed by atoms with Crippen molar-refractivity contribution < 1.29 is 18.9 Å². The zero-order valence-corrected chi connectivity index (χ0v) is 12.7. The van der Waals surface area contributed by atoms with Crippen LogP contribution in [0.4, 0.5) is 0 Å². The minimum atomic E-state index is -0.110. The minimum Gasteiger partial charge on any atom is -0.454 e. The Labute approximate surface area is 125 Å². The van der Waals surface area contributed by atoms with E-state index in [-0.39, 0.29) is 6.29 Å². The first-order valence-corrected chi connectivity index (χ1v) is 7.46. The Morgan fingerprint density at radius 2 is 1.95 bits per heavy atom. The van der Waals surface area contributed by atoms with Gasteiger partial charge in [0.15, 0.2) is 17.8 Å². The monoisotopic (exact) mass is 293 g/mol. The third-order valence-electron chi connectivity index (χ3n) is 3.07. The molecule has 0 saturated heterocycles. The molecule has 1 heterocycles. The largest absolute Gasteiger partial charge is 0.454 e. The highest BCUT2D eigenvalue weighted by atomic mass is 16.7. The molecule has 1 aromatic carbocycles. The summed E-state index contributed by atoms with van der Waals surface area (Å²) in [5.41, 5.74) is 1.02. The summed E-state index contributed by atoms with van der Waals surface area (Å²) in [4.78, 5) is 4.43. The van der Waals surface area contributed by atoms with E-state index in [1.165, 1.54) is 0 Å². The lowest BCUT2D eigenvalue weighted by Crippen LogP contribution is -2.17. The maximum Gasteiger partial charge on any atom is 0.231 e. The summed E-state index contributed by atoms with van der Waals surface area (Å²) in [6.07, 6.45) is 3.55. The molecule has 116 valence electrons. The highest BCUT2D eigenvalue weighted by Crippen LogP contribution is 2.31. The predicted molar refractivity (Wildman–Crippen MR) is 81.3 cm³/mol. The van der Waals surface area contributed by atoms with E-state index in [9.17, 15) is 0 Å². The summed E-state index contributed by atoms with van der Waals surface area (Å²) >= 11 is 0. The molecule has 0 amide bonds. The molecule has 0 radical (unpaired) electrons. The summed E-state index contributed by atoms with van der Waals surface area (Å²) in [5, 5.41) is 0. The topological polar surface area (TPSA) is 49.3 Å². The maximum atomic E-state index is 5.49. The van der Waals surface area contributed by atoms with Crippen LogP contribution < -0.4 is 9.47 Å². The number of hydrogen-bond donors (Lipinski definition) is 0. The first-order chi connectivity index (χ1) is 10.3. The zero-order chi connectivity index (χ0) is 14.9. The first kappa shape index (κ1) is 15.8. The molecule has 0 atom stereocenters. The second-order valence-electron chi connectivity index (χ2n) is 4.63. The van der Waals surface area contributed by atoms with Gasteiger partial charge in [-0.3, -0.25) is 4.99 Å². The van der Waals surface area contributed by atoms with Crippen LogP contribution in [0.25, 0.3) is 0 Å². The highest BCUT2D eigenvalue weighted by molar-refractivity contribution is 5.81. The molecular formula is C16H23NO4. The molecule has 0 fully saturated rings. The average Bonchev–Trinajstić information content (AvgIpc) is 2.95. The fourth-order valence-corrected chi connectivity index (χ4v) is 2.10. The number of benzene rings is 1. The summed E-state index contributed by atoms with van der Waals surface area (Å²) < 4.78 is 21.6. The quantitative estimate of drug-likeness (QED) is 0.399. The van der Waals surface area contributed by atoms with Gasteiger partial charge in [0.2, 0.25) is 6.79 Å². The van der Waals surface area contributed by atoms with Crippen molar-refractivity contribution in [2.75, 3.05) is 26.6 Å². The first-order valence-electron chi connectivity index (χ1n) is 7.46. The third kappa shape index (κ3) is 5.02. The smallest absolute Gasteiger partial charge is 0.231 e. The van der Waals surface area contributed by atoms with Gasteiger partial charge >= 0.3 is 0 Å². The van der Waals surface area contributed by atoms with E-state index in [0.29, 0.717) is 20.0 Å². The molecule has 0 N–H and O–H groups in total. The van der Waals surface area contributed by atoms with E-state index in [0.717, 1.165) is 36.4 Å². The number of fused-ring (bicyclic) bond motifs is 1. The van der Waals surface area contributed by atoms with Crippen LogP contribution >= 0.6 is 0 Å². The Morgan fingerprint density at radius 1 is 1.19 bits per heavy atom. The Balaban J connectivity index is 1.72. The molecule has 0 aromatic heterocycles. The van der Waals surface area contributed by atoms with Crippen LogP contribution in [-0.4, -0.2) is 39.1 Å². The molecule has 5 heteroatoms. The van der Waals surface area contributed by atoms with Gasteiger partial charge in [-0.05, 0) is 44.0 Å². The van der Waals surface area contributed by atoms with Crippen LogP contribution in [0, 0.1) is 0 Å². The molecule has 1 aliphatic rings. The fourth-order valence-electron chi connectivity index (χ4n) is 2.10. The number of nitrogens with zero attached hydrogens (tertiary/aromatic N) is 1. The maximum absolute atomic E-state index is 5.49. The SMILES string of the molecule is CCOC(CCCN=Cc1ccc2c(c1)OCO2)OCC. The second kappa shape index (κ2) is 8.64. The molecule has 0 bridgehead atoms. The molecular weight excluding hydrogens is 270 g/mol. The Bertz CT molecular complexity index is 456. The predicted octanol–water partition coefficient (Wildman–Crippen LogP) is 3.01. The van der Waals surface area contributed by atoms with Crippen LogP contribution in [0.15, 0.2) is 23.2 Å². The second-order valence-corrected chi connectivity index (χ2v) is 4.63. The molecule has 21 heavy (non-hydrogen) atoms. The molecule has 0 spiro atoms. The fraction of sp³-hybridized carbons (Fsp3) is 0.562. The van der Waals surface area contributed by atoms with Gasteiger partial charge in [0, 0.05) is 32.4 Å². The van der Waals surface area contributed by atoms with Gasteiger partial charge in [0.05, 0.1) is 0 Å². The normalized spacial score (nSPS) is 13.5. The molecule has 1 aliphatic heterocycles. The number of ether oxygens (including phenoxy) is 4. The molecule has 0 aliphatic carbocycles. The van der Waals surface area contributed by atoms with E-state index in [4.69, 9.17) is 18.9 Å². The van der Waals surface area contributed by atoms with Crippen molar-refractivity contribution in [2.45, 2.75) is 33.0 Å². The number of aliphatic imine (C=N–C) groups is 1. The highest BCUT2D eigenvalue weighted by Gasteiger charge is 2.12. The number of hydrogen-bond acceptors (Lipinski definition) is 5. The van der Waals surface area contributed by atoms with E-state index in [2.05, 4.69) is 4.99 Å². The average molecular weight is 293 g/mol. The zero-order valence-electron chi connectivity index (χ0n) is 12.7. The lowest BCUT2D eigenvalue weighted by Gasteiger charge is -2.15. The van der Waals surface area contributed by atoms with Crippen molar-refractivity contribution in [3.8, 4) is 11.5 Å². The molecule has 0 saturated carbocycles. The van der Waals surface area contributed by atoms with Gasteiger partial charge in [0.1, 0.15) is 0 Å².